The monoisotopic (exact) mass is 289 g/mol. The molecule has 2 rings (SSSR count). The highest BCUT2D eigenvalue weighted by Crippen LogP contribution is 2.20. The van der Waals surface area contributed by atoms with E-state index in [0.29, 0.717) is 18.2 Å². The number of likely N-dealkylation sites (tertiary alicyclic amines) is 1. The Morgan fingerprint density at radius 3 is 2.67 bits per heavy atom. The van der Waals surface area contributed by atoms with Gasteiger partial charge in [0.05, 0.1) is 7.11 Å². The van der Waals surface area contributed by atoms with Crippen LogP contribution in [0.15, 0.2) is 24.3 Å². The van der Waals surface area contributed by atoms with Crippen molar-refractivity contribution in [2.24, 2.45) is 0 Å². The minimum absolute atomic E-state index is 0.316. The Labute approximate surface area is 128 Å². The number of benzene rings is 1. The summed E-state index contributed by atoms with van der Waals surface area (Å²) in [5, 5.41) is 0. The predicted molar refractivity (Wildman–Crippen MR) is 85.8 cm³/mol. The highest BCUT2D eigenvalue weighted by Gasteiger charge is 2.21. The maximum Gasteiger partial charge on any atom is 0.131 e. The molecule has 0 amide bonds. The lowest BCUT2D eigenvalue weighted by atomic mass is 10.0. The summed E-state index contributed by atoms with van der Waals surface area (Å²) >= 11 is 0. The molecule has 1 fully saturated rings. The fourth-order valence-electron chi connectivity index (χ4n) is 3.16. The zero-order chi connectivity index (χ0) is 15.1. The lowest BCUT2D eigenvalue weighted by Gasteiger charge is -2.29. The molecule has 0 radical (unpaired) electrons. The Bertz CT molecular complexity index is 441. The second kappa shape index (κ2) is 8.18. The van der Waals surface area contributed by atoms with Crippen LogP contribution in [-0.4, -0.2) is 36.9 Å². The van der Waals surface area contributed by atoms with Gasteiger partial charge in [0, 0.05) is 19.0 Å². The minimum Gasteiger partial charge on any atom is -0.497 e. The van der Waals surface area contributed by atoms with Crippen molar-refractivity contribution in [1.82, 2.24) is 4.90 Å². The Morgan fingerprint density at radius 2 is 2.00 bits per heavy atom. The van der Waals surface area contributed by atoms with Crippen LogP contribution in [0.3, 0.4) is 0 Å². The van der Waals surface area contributed by atoms with Gasteiger partial charge < -0.3 is 4.74 Å². The van der Waals surface area contributed by atoms with Crippen LogP contribution in [0.5, 0.6) is 5.75 Å². The maximum atomic E-state index is 11.5. The van der Waals surface area contributed by atoms with Crippen molar-refractivity contribution in [1.29, 1.82) is 0 Å². The van der Waals surface area contributed by atoms with Gasteiger partial charge in [-0.2, -0.15) is 0 Å². The molecule has 3 heteroatoms. The molecule has 1 aliphatic heterocycles. The molecule has 3 nitrogen and oxygen atoms in total. The molecule has 0 saturated carbocycles. The van der Waals surface area contributed by atoms with E-state index in [-0.39, 0.29) is 0 Å². The van der Waals surface area contributed by atoms with Gasteiger partial charge in [0.2, 0.25) is 0 Å². The molecule has 0 spiro atoms. The quantitative estimate of drug-likeness (QED) is 0.803. The van der Waals surface area contributed by atoms with Crippen LogP contribution in [0.1, 0.15) is 44.6 Å². The first kappa shape index (κ1) is 16.0. The van der Waals surface area contributed by atoms with E-state index < -0.39 is 0 Å². The average molecular weight is 289 g/mol. The van der Waals surface area contributed by atoms with E-state index in [9.17, 15) is 4.79 Å². The van der Waals surface area contributed by atoms with E-state index in [0.717, 1.165) is 25.3 Å². The van der Waals surface area contributed by atoms with Crippen LogP contribution in [0, 0.1) is 0 Å². The molecule has 1 aromatic carbocycles. The van der Waals surface area contributed by atoms with Gasteiger partial charge in [-0.25, -0.2) is 0 Å². The smallest absolute Gasteiger partial charge is 0.131 e. The van der Waals surface area contributed by atoms with E-state index >= 15 is 0 Å². The fourth-order valence-corrected chi connectivity index (χ4v) is 3.16. The number of ketones is 1. The fraction of sp³-hybridized carbons (Fsp3) is 0.611. The van der Waals surface area contributed by atoms with Crippen LogP contribution in [0.25, 0.3) is 0 Å². The number of methoxy groups -OCH3 is 1. The molecule has 1 aromatic rings. The van der Waals surface area contributed by atoms with Crippen molar-refractivity contribution < 1.29 is 9.53 Å². The molecule has 0 bridgehead atoms. The van der Waals surface area contributed by atoms with E-state index in [2.05, 4.69) is 17.0 Å². The van der Waals surface area contributed by atoms with Crippen molar-refractivity contribution in [2.75, 3.05) is 20.2 Å². The molecule has 1 unspecified atom stereocenters. The minimum atomic E-state index is 0.316. The van der Waals surface area contributed by atoms with Crippen molar-refractivity contribution in [3.63, 3.8) is 0 Å². The molecule has 1 atom stereocenters. The zero-order valence-electron chi connectivity index (χ0n) is 13.3. The van der Waals surface area contributed by atoms with Crippen LogP contribution in [-0.2, 0) is 11.2 Å². The van der Waals surface area contributed by atoms with Gasteiger partial charge in [-0.3, -0.25) is 9.69 Å². The van der Waals surface area contributed by atoms with Gasteiger partial charge in [0.25, 0.3) is 0 Å². The molecule has 0 aliphatic carbocycles. The van der Waals surface area contributed by atoms with Crippen molar-refractivity contribution >= 4 is 5.78 Å². The largest absolute Gasteiger partial charge is 0.497 e. The standard InChI is InChI=1S/C18H27NO2/c1-15(20)14-17-6-4-3-5-12-19(17)13-11-16-7-9-18(21-2)10-8-16/h7-10,17H,3-6,11-14H2,1-2H3. The summed E-state index contributed by atoms with van der Waals surface area (Å²) < 4.78 is 5.19. The number of ether oxygens (including phenoxy) is 1. The molecule has 1 saturated heterocycles. The van der Waals surface area contributed by atoms with Gasteiger partial charge in [0.15, 0.2) is 0 Å². The van der Waals surface area contributed by atoms with Crippen molar-refractivity contribution in [2.45, 2.75) is 51.5 Å². The Morgan fingerprint density at radius 1 is 1.24 bits per heavy atom. The predicted octanol–water partition coefficient (Wildman–Crippen LogP) is 3.46. The van der Waals surface area contributed by atoms with E-state index in [1.165, 1.54) is 31.2 Å². The van der Waals surface area contributed by atoms with E-state index in [1.807, 2.05) is 12.1 Å². The highest BCUT2D eigenvalue weighted by atomic mass is 16.5. The molecular weight excluding hydrogens is 262 g/mol. The third kappa shape index (κ3) is 5.16. The third-order valence-electron chi connectivity index (χ3n) is 4.37. The number of Topliss-reactive ketones (excluding diaryl/α,β-unsaturated/α-hetero) is 1. The van der Waals surface area contributed by atoms with Crippen molar-refractivity contribution in [3.8, 4) is 5.75 Å². The second-order valence-electron chi connectivity index (χ2n) is 6.04. The number of nitrogens with zero attached hydrogens (tertiary/aromatic N) is 1. The van der Waals surface area contributed by atoms with Crippen LogP contribution < -0.4 is 4.74 Å². The number of carbonyl (C=O) groups is 1. The Kier molecular flexibility index (Phi) is 6.24. The summed E-state index contributed by atoms with van der Waals surface area (Å²) in [5.74, 6) is 1.22. The molecule has 0 N–H and O–H groups in total. The Balaban J connectivity index is 1.92. The topological polar surface area (TPSA) is 29.5 Å². The summed E-state index contributed by atoms with van der Waals surface area (Å²) in [6, 6.07) is 8.76. The number of hydrogen-bond acceptors (Lipinski definition) is 3. The first-order chi connectivity index (χ1) is 10.2. The van der Waals surface area contributed by atoms with Gasteiger partial charge >= 0.3 is 0 Å². The number of hydrogen-bond donors (Lipinski definition) is 0. The Hall–Kier alpha value is -1.35. The van der Waals surface area contributed by atoms with Crippen LogP contribution in [0.4, 0.5) is 0 Å². The first-order valence-electron chi connectivity index (χ1n) is 8.05. The van der Waals surface area contributed by atoms with Gasteiger partial charge in [-0.05, 0) is 50.4 Å². The summed E-state index contributed by atoms with van der Waals surface area (Å²) in [4.78, 5) is 14.0. The SMILES string of the molecule is COc1ccc(CCN2CCCCCC2CC(C)=O)cc1. The summed E-state index contributed by atoms with van der Waals surface area (Å²) in [7, 11) is 1.69. The van der Waals surface area contributed by atoms with Gasteiger partial charge in [0.1, 0.15) is 11.5 Å². The lowest BCUT2D eigenvalue weighted by Crippen LogP contribution is -2.37. The van der Waals surface area contributed by atoms with Crippen LogP contribution >= 0.6 is 0 Å². The lowest BCUT2D eigenvalue weighted by molar-refractivity contribution is -0.118. The molecule has 21 heavy (non-hydrogen) atoms. The van der Waals surface area contributed by atoms with Gasteiger partial charge in [-0.1, -0.05) is 25.0 Å². The maximum absolute atomic E-state index is 11.5. The number of carbonyl (C=O) groups excluding carboxylic acids is 1. The van der Waals surface area contributed by atoms with E-state index in [4.69, 9.17) is 4.74 Å². The average Bonchev–Trinajstić information content (AvgIpc) is 2.70. The zero-order valence-corrected chi connectivity index (χ0v) is 13.3. The normalized spacial score (nSPS) is 20.0. The van der Waals surface area contributed by atoms with Crippen LogP contribution in [0.2, 0.25) is 0 Å². The molecule has 116 valence electrons. The molecular formula is C18H27NO2. The van der Waals surface area contributed by atoms with E-state index in [1.54, 1.807) is 14.0 Å². The third-order valence-corrected chi connectivity index (χ3v) is 4.37. The molecule has 1 aliphatic rings. The second-order valence-corrected chi connectivity index (χ2v) is 6.04. The molecule has 0 aromatic heterocycles. The molecule has 1 heterocycles. The summed E-state index contributed by atoms with van der Waals surface area (Å²) in [6.45, 7) is 3.89. The summed E-state index contributed by atoms with van der Waals surface area (Å²) in [6.07, 6.45) is 6.74. The highest BCUT2D eigenvalue weighted by molar-refractivity contribution is 5.76. The first-order valence-corrected chi connectivity index (χ1v) is 8.05. The summed E-state index contributed by atoms with van der Waals surface area (Å²) in [5.41, 5.74) is 1.33. The van der Waals surface area contributed by atoms with Gasteiger partial charge in [-0.15, -0.1) is 0 Å². The number of rotatable bonds is 6. The van der Waals surface area contributed by atoms with Crippen molar-refractivity contribution in [3.05, 3.63) is 29.8 Å².